The average Bonchev–Trinajstić information content (AvgIpc) is 2.72. The zero-order valence-electron chi connectivity index (χ0n) is 16.9. The van der Waals surface area contributed by atoms with Crippen molar-refractivity contribution in [2.45, 2.75) is 33.6 Å². The molecule has 1 N–H and O–H groups in total. The molecule has 0 aliphatic rings. The summed E-state index contributed by atoms with van der Waals surface area (Å²) in [6, 6.07) is 12.8. The summed E-state index contributed by atoms with van der Waals surface area (Å²) in [6.45, 7) is 6.81. The van der Waals surface area contributed by atoms with Gasteiger partial charge in [0.25, 0.3) is 5.91 Å². The van der Waals surface area contributed by atoms with Crippen LogP contribution in [0.4, 0.5) is 5.69 Å². The molecule has 0 bridgehead atoms. The molecule has 0 unspecified atom stereocenters. The third-order valence-corrected chi connectivity index (χ3v) is 4.39. The van der Waals surface area contributed by atoms with E-state index in [1.165, 1.54) is 6.08 Å². The minimum Gasteiger partial charge on any atom is -0.490 e. The van der Waals surface area contributed by atoms with Gasteiger partial charge in [-0.1, -0.05) is 43.6 Å². The number of carbonyl (C=O) groups is 1. The summed E-state index contributed by atoms with van der Waals surface area (Å²) in [4.78, 5) is 12.6. The van der Waals surface area contributed by atoms with Crippen molar-refractivity contribution in [3.05, 3.63) is 58.1 Å². The van der Waals surface area contributed by atoms with Gasteiger partial charge in [0, 0.05) is 5.69 Å². The third kappa shape index (κ3) is 6.00. The maximum atomic E-state index is 12.6. The lowest BCUT2D eigenvalue weighted by atomic mass is 10.1. The minimum atomic E-state index is -0.478. The maximum absolute atomic E-state index is 12.6. The predicted molar refractivity (Wildman–Crippen MR) is 116 cm³/mol. The van der Waals surface area contributed by atoms with Crippen molar-refractivity contribution in [3.8, 4) is 17.6 Å². The number of halogens is 1. The van der Waals surface area contributed by atoms with Crippen molar-refractivity contribution in [2.24, 2.45) is 0 Å². The lowest BCUT2D eigenvalue weighted by Gasteiger charge is -2.14. The SMILES string of the molecule is CCCOc1c(Cl)cc(/C=C(\C#N)C(=O)Nc2ccccc2CC)cc1OCC. The molecule has 152 valence electrons. The van der Waals surface area contributed by atoms with Crippen LogP contribution in [-0.2, 0) is 11.2 Å². The van der Waals surface area contributed by atoms with Crippen molar-refractivity contribution in [3.63, 3.8) is 0 Å². The Balaban J connectivity index is 2.34. The highest BCUT2D eigenvalue weighted by Crippen LogP contribution is 2.37. The second kappa shape index (κ2) is 11.1. The molecule has 1 amide bonds. The van der Waals surface area contributed by atoms with Crippen LogP contribution in [-0.4, -0.2) is 19.1 Å². The Morgan fingerprint density at radius 2 is 1.97 bits per heavy atom. The van der Waals surface area contributed by atoms with Crippen LogP contribution in [0.15, 0.2) is 42.0 Å². The molecule has 2 aromatic rings. The lowest BCUT2D eigenvalue weighted by Crippen LogP contribution is -2.14. The second-order valence-corrected chi connectivity index (χ2v) is 6.65. The fraction of sp³-hybridized carbons (Fsp3) is 0.304. The van der Waals surface area contributed by atoms with Crippen LogP contribution < -0.4 is 14.8 Å². The topological polar surface area (TPSA) is 71.3 Å². The van der Waals surface area contributed by atoms with E-state index in [4.69, 9.17) is 21.1 Å². The zero-order valence-corrected chi connectivity index (χ0v) is 17.7. The van der Waals surface area contributed by atoms with Gasteiger partial charge in [0.2, 0.25) is 0 Å². The standard InChI is InChI=1S/C23H25ClN2O3/c1-4-11-29-22-19(24)13-16(14-21(22)28-6-3)12-18(15-25)23(27)26-20-10-8-7-9-17(20)5-2/h7-10,12-14H,4-6,11H2,1-3H3,(H,26,27)/b18-12+. The molecule has 6 heteroatoms. The largest absolute Gasteiger partial charge is 0.490 e. The monoisotopic (exact) mass is 412 g/mol. The maximum Gasteiger partial charge on any atom is 0.266 e. The van der Waals surface area contributed by atoms with Gasteiger partial charge in [0.1, 0.15) is 11.6 Å². The molecule has 29 heavy (non-hydrogen) atoms. The van der Waals surface area contributed by atoms with Crippen molar-refractivity contribution < 1.29 is 14.3 Å². The van der Waals surface area contributed by atoms with E-state index in [0.717, 1.165) is 18.4 Å². The predicted octanol–water partition coefficient (Wildman–Crippen LogP) is 5.64. The van der Waals surface area contributed by atoms with Crippen LogP contribution in [0.1, 0.15) is 38.3 Å². The van der Waals surface area contributed by atoms with Gasteiger partial charge in [-0.15, -0.1) is 0 Å². The Kier molecular flexibility index (Phi) is 8.57. The average molecular weight is 413 g/mol. The number of anilines is 1. The van der Waals surface area contributed by atoms with E-state index in [-0.39, 0.29) is 5.57 Å². The van der Waals surface area contributed by atoms with E-state index in [1.807, 2.05) is 51.1 Å². The summed E-state index contributed by atoms with van der Waals surface area (Å²) in [5, 5.41) is 12.7. The van der Waals surface area contributed by atoms with Crippen LogP contribution in [0.3, 0.4) is 0 Å². The number of hydrogen-bond donors (Lipinski definition) is 1. The molecule has 0 aliphatic carbocycles. The molecule has 0 saturated carbocycles. The molecule has 2 rings (SSSR count). The third-order valence-electron chi connectivity index (χ3n) is 4.10. The van der Waals surface area contributed by atoms with Crippen LogP contribution in [0.5, 0.6) is 11.5 Å². The highest BCUT2D eigenvalue weighted by Gasteiger charge is 2.15. The van der Waals surface area contributed by atoms with Crippen LogP contribution in [0.25, 0.3) is 6.08 Å². The van der Waals surface area contributed by atoms with Crippen molar-refractivity contribution in [2.75, 3.05) is 18.5 Å². The Labute approximate surface area is 176 Å². The van der Waals surface area contributed by atoms with Crippen molar-refractivity contribution >= 4 is 29.3 Å². The highest BCUT2D eigenvalue weighted by molar-refractivity contribution is 6.32. The van der Waals surface area contributed by atoms with Crippen LogP contribution in [0.2, 0.25) is 5.02 Å². The number of amides is 1. The molecule has 5 nitrogen and oxygen atoms in total. The number of aryl methyl sites for hydroxylation is 1. The molecule has 0 saturated heterocycles. The number of carbonyl (C=O) groups excluding carboxylic acids is 1. The van der Waals surface area contributed by atoms with Gasteiger partial charge in [-0.2, -0.15) is 5.26 Å². The van der Waals surface area contributed by atoms with E-state index in [0.29, 0.717) is 41.0 Å². The van der Waals surface area contributed by atoms with Gasteiger partial charge < -0.3 is 14.8 Å². The summed E-state index contributed by atoms with van der Waals surface area (Å²) in [7, 11) is 0. The first-order valence-electron chi connectivity index (χ1n) is 9.64. The summed E-state index contributed by atoms with van der Waals surface area (Å²) in [5.74, 6) is 0.467. The fourth-order valence-corrected chi connectivity index (χ4v) is 3.01. The van der Waals surface area contributed by atoms with E-state index in [2.05, 4.69) is 5.32 Å². The number of hydrogen-bond acceptors (Lipinski definition) is 4. The minimum absolute atomic E-state index is 0.0309. The number of ether oxygens (including phenoxy) is 2. The first kappa shape index (κ1) is 22.3. The number of nitrogens with one attached hydrogen (secondary N) is 1. The number of benzene rings is 2. The smallest absolute Gasteiger partial charge is 0.266 e. The lowest BCUT2D eigenvalue weighted by molar-refractivity contribution is -0.112. The number of nitriles is 1. The Morgan fingerprint density at radius 1 is 1.21 bits per heavy atom. The zero-order chi connectivity index (χ0) is 21.2. The molecule has 0 atom stereocenters. The fourth-order valence-electron chi connectivity index (χ4n) is 2.73. The first-order chi connectivity index (χ1) is 14.0. The van der Waals surface area contributed by atoms with Gasteiger partial charge >= 0.3 is 0 Å². The number of rotatable bonds is 9. The Bertz CT molecular complexity index is 932. The van der Waals surface area contributed by atoms with E-state index in [9.17, 15) is 10.1 Å². The second-order valence-electron chi connectivity index (χ2n) is 6.25. The van der Waals surface area contributed by atoms with Crippen LogP contribution >= 0.6 is 11.6 Å². The molecule has 0 aliphatic heterocycles. The normalized spacial score (nSPS) is 10.9. The van der Waals surface area contributed by atoms with Gasteiger partial charge in [-0.05, 0) is 55.2 Å². The van der Waals surface area contributed by atoms with Crippen LogP contribution in [0, 0.1) is 11.3 Å². The summed E-state index contributed by atoms with van der Waals surface area (Å²) >= 11 is 6.36. The Morgan fingerprint density at radius 3 is 2.62 bits per heavy atom. The summed E-state index contributed by atoms with van der Waals surface area (Å²) in [6.07, 6.45) is 3.10. The number of para-hydroxylation sites is 1. The first-order valence-corrected chi connectivity index (χ1v) is 10.0. The van der Waals surface area contributed by atoms with Gasteiger partial charge in [0.05, 0.1) is 18.2 Å². The number of nitrogens with zero attached hydrogens (tertiary/aromatic N) is 1. The van der Waals surface area contributed by atoms with E-state index < -0.39 is 5.91 Å². The molecular weight excluding hydrogens is 388 g/mol. The van der Waals surface area contributed by atoms with Crippen molar-refractivity contribution in [1.29, 1.82) is 5.26 Å². The highest BCUT2D eigenvalue weighted by atomic mass is 35.5. The molecule has 0 fully saturated rings. The molecular formula is C23H25ClN2O3. The Hall–Kier alpha value is -2.97. The van der Waals surface area contributed by atoms with E-state index in [1.54, 1.807) is 12.1 Å². The molecule has 2 aromatic carbocycles. The molecule has 0 heterocycles. The summed E-state index contributed by atoms with van der Waals surface area (Å²) < 4.78 is 11.3. The van der Waals surface area contributed by atoms with Gasteiger partial charge in [-0.3, -0.25) is 4.79 Å². The molecule has 0 aromatic heterocycles. The van der Waals surface area contributed by atoms with Crippen molar-refractivity contribution in [1.82, 2.24) is 0 Å². The van der Waals surface area contributed by atoms with Gasteiger partial charge in [0.15, 0.2) is 11.5 Å². The van der Waals surface area contributed by atoms with Gasteiger partial charge in [-0.25, -0.2) is 0 Å². The molecule has 0 radical (unpaired) electrons. The summed E-state index contributed by atoms with van der Waals surface area (Å²) in [5.41, 5.74) is 2.24. The molecule has 0 spiro atoms. The quantitative estimate of drug-likeness (QED) is 0.427. The van der Waals surface area contributed by atoms with E-state index >= 15 is 0 Å².